The van der Waals surface area contributed by atoms with E-state index in [1.807, 2.05) is 18.0 Å². The molecule has 3 aliphatic rings. The number of carbonyl (C=O) groups is 2. The molecule has 0 bridgehead atoms. The van der Waals surface area contributed by atoms with Gasteiger partial charge in [0.05, 0.1) is 7.11 Å². The number of ketones is 2. The standard InChI is InChI=1S/C30H30ClNO6S/c1-4-7-18-16-19(17-26(37-3)30(18)38-39(35,36)21-14-12-20(31)13-15-21)27-28-22(8-5-10-24(28)33)32(2)23-9-6-11-25(34)29(23)27/h4,12-17,27H,1,5-11H2,2-3H3. The molecule has 5 rings (SSSR count). The van der Waals surface area contributed by atoms with Crippen molar-refractivity contribution in [2.24, 2.45) is 0 Å². The van der Waals surface area contributed by atoms with Gasteiger partial charge in [-0.2, -0.15) is 8.42 Å². The van der Waals surface area contributed by atoms with Crippen molar-refractivity contribution < 1.29 is 26.9 Å². The summed E-state index contributed by atoms with van der Waals surface area (Å²) in [5.74, 6) is -0.249. The molecule has 204 valence electrons. The summed E-state index contributed by atoms with van der Waals surface area (Å²) >= 11 is 5.93. The van der Waals surface area contributed by atoms with Crippen LogP contribution < -0.4 is 8.92 Å². The molecule has 1 aliphatic heterocycles. The molecular formula is C30H30ClNO6S. The number of carbonyl (C=O) groups excluding carboxylic acids is 2. The van der Waals surface area contributed by atoms with Crippen molar-refractivity contribution in [3.63, 3.8) is 0 Å². The number of ether oxygens (including phenoxy) is 1. The molecule has 0 unspecified atom stereocenters. The Hall–Kier alpha value is -3.36. The van der Waals surface area contributed by atoms with E-state index in [1.165, 1.54) is 31.4 Å². The van der Waals surface area contributed by atoms with Crippen LogP contribution in [0.4, 0.5) is 0 Å². The number of hydrogen-bond donors (Lipinski definition) is 0. The van der Waals surface area contributed by atoms with Crippen molar-refractivity contribution >= 4 is 33.3 Å². The van der Waals surface area contributed by atoms with Crippen molar-refractivity contribution in [2.45, 2.75) is 55.8 Å². The third-order valence-electron chi connectivity index (χ3n) is 7.61. The molecule has 2 aromatic carbocycles. The minimum Gasteiger partial charge on any atom is -0.493 e. The highest BCUT2D eigenvalue weighted by molar-refractivity contribution is 7.87. The maximum Gasteiger partial charge on any atom is 0.339 e. The number of rotatable bonds is 7. The summed E-state index contributed by atoms with van der Waals surface area (Å²) in [6.45, 7) is 3.83. The molecule has 0 saturated carbocycles. The van der Waals surface area contributed by atoms with Gasteiger partial charge in [0.1, 0.15) is 4.90 Å². The summed E-state index contributed by atoms with van der Waals surface area (Å²) in [6.07, 6.45) is 5.84. The molecule has 9 heteroatoms. The van der Waals surface area contributed by atoms with Crippen LogP contribution in [0.1, 0.15) is 55.6 Å². The molecule has 0 radical (unpaired) electrons. The summed E-state index contributed by atoms with van der Waals surface area (Å²) in [6, 6.07) is 9.19. The van der Waals surface area contributed by atoms with Gasteiger partial charge in [0.25, 0.3) is 0 Å². The Labute approximate surface area is 233 Å². The summed E-state index contributed by atoms with van der Waals surface area (Å²) in [5, 5.41) is 0.401. The van der Waals surface area contributed by atoms with E-state index in [2.05, 4.69) is 6.58 Å². The molecule has 2 aliphatic carbocycles. The molecule has 1 heterocycles. The van der Waals surface area contributed by atoms with Crippen molar-refractivity contribution in [3.05, 3.63) is 87.7 Å². The van der Waals surface area contributed by atoms with Crippen LogP contribution in [0.5, 0.6) is 11.5 Å². The van der Waals surface area contributed by atoms with Crippen molar-refractivity contribution in [3.8, 4) is 11.5 Å². The Bertz CT molecular complexity index is 1490. The van der Waals surface area contributed by atoms with Crippen LogP contribution in [0.25, 0.3) is 0 Å². The number of benzene rings is 2. The number of hydrogen-bond acceptors (Lipinski definition) is 7. The molecule has 0 amide bonds. The van der Waals surface area contributed by atoms with E-state index in [9.17, 15) is 18.0 Å². The highest BCUT2D eigenvalue weighted by Crippen LogP contribution is 2.50. The third kappa shape index (κ3) is 4.92. The van der Waals surface area contributed by atoms with E-state index in [-0.39, 0.29) is 34.4 Å². The second-order valence-corrected chi connectivity index (χ2v) is 11.9. The van der Waals surface area contributed by atoms with Crippen LogP contribution in [-0.2, 0) is 26.1 Å². The zero-order valence-electron chi connectivity index (χ0n) is 22.0. The molecule has 0 aromatic heterocycles. The lowest BCUT2D eigenvalue weighted by Gasteiger charge is -2.42. The Balaban J connectivity index is 1.68. The molecule has 0 fully saturated rings. The van der Waals surface area contributed by atoms with Gasteiger partial charge in [-0.3, -0.25) is 9.59 Å². The Morgan fingerprint density at radius 2 is 1.59 bits per heavy atom. The molecule has 7 nitrogen and oxygen atoms in total. The first-order valence-electron chi connectivity index (χ1n) is 12.9. The highest BCUT2D eigenvalue weighted by Gasteiger charge is 2.42. The van der Waals surface area contributed by atoms with E-state index in [0.29, 0.717) is 40.1 Å². The fraction of sp³-hybridized carbons (Fsp3) is 0.333. The zero-order valence-corrected chi connectivity index (χ0v) is 23.5. The molecule has 0 spiro atoms. The number of methoxy groups -OCH3 is 1. The quantitative estimate of drug-likeness (QED) is 0.304. The first-order valence-corrected chi connectivity index (χ1v) is 14.7. The predicted molar refractivity (Wildman–Crippen MR) is 148 cm³/mol. The number of nitrogens with zero attached hydrogens (tertiary/aromatic N) is 1. The Morgan fingerprint density at radius 3 is 2.13 bits per heavy atom. The van der Waals surface area contributed by atoms with E-state index in [4.69, 9.17) is 20.5 Å². The average Bonchev–Trinajstić information content (AvgIpc) is 2.91. The van der Waals surface area contributed by atoms with Gasteiger partial charge in [0, 0.05) is 58.9 Å². The monoisotopic (exact) mass is 567 g/mol. The third-order valence-corrected chi connectivity index (χ3v) is 9.10. The van der Waals surface area contributed by atoms with Gasteiger partial charge in [-0.05, 0) is 68.0 Å². The molecular weight excluding hydrogens is 538 g/mol. The average molecular weight is 568 g/mol. The lowest BCUT2D eigenvalue weighted by atomic mass is 9.71. The van der Waals surface area contributed by atoms with Crippen LogP contribution in [0.15, 0.2) is 76.5 Å². The SMILES string of the molecule is C=CCc1cc(C2C3=C(CCCC3=O)N(C)C3=C2C(=O)CCC3)cc(OC)c1OS(=O)(=O)c1ccc(Cl)cc1. The van der Waals surface area contributed by atoms with Crippen molar-refractivity contribution in [2.75, 3.05) is 14.2 Å². The van der Waals surface area contributed by atoms with E-state index < -0.39 is 16.0 Å². The summed E-state index contributed by atoms with van der Waals surface area (Å²) in [5.41, 5.74) is 4.42. The van der Waals surface area contributed by atoms with E-state index in [0.717, 1.165) is 37.1 Å². The van der Waals surface area contributed by atoms with Gasteiger partial charge in [-0.15, -0.1) is 6.58 Å². The zero-order chi connectivity index (χ0) is 27.9. The number of halogens is 1. The molecule has 0 N–H and O–H groups in total. The lowest BCUT2D eigenvalue weighted by Crippen LogP contribution is -2.37. The second-order valence-electron chi connectivity index (χ2n) is 9.96. The summed E-state index contributed by atoms with van der Waals surface area (Å²) in [4.78, 5) is 28.7. The van der Waals surface area contributed by atoms with Gasteiger partial charge in [0.2, 0.25) is 0 Å². The summed E-state index contributed by atoms with van der Waals surface area (Å²) < 4.78 is 37.6. The number of allylic oxidation sites excluding steroid dienone is 5. The van der Waals surface area contributed by atoms with Crippen molar-refractivity contribution in [1.82, 2.24) is 4.90 Å². The normalized spacial score (nSPS) is 18.2. The Kier molecular flexibility index (Phi) is 7.44. The minimum absolute atomic E-state index is 0.0351. The van der Waals surface area contributed by atoms with Crippen LogP contribution in [-0.4, -0.2) is 39.0 Å². The minimum atomic E-state index is -4.21. The highest BCUT2D eigenvalue weighted by atomic mass is 35.5. The maximum atomic E-state index is 13.4. The van der Waals surface area contributed by atoms with Crippen LogP contribution in [0, 0.1) is 0 Å². The second kappa shape index (κ2) is 10.7. The smallest absolute Gasteiger partial charge is 0.339 e. The molecule has 2 aromatic rings. The molecule has 0 atom stereocenters. The fourth-order valence-electron chi connectivity index (χ4n) is 5.85. The van der Waals surface area contributed by atoms with Crippen LogP contribution in [0.2, 0.25) is 5.02 Å². The van der Waals surface area contributed by atoms with Gasteiger partial charge in [-0.25, -0.2) is 0 Å². The topological polar surface area (TPSA) is 90.0 Å². The molecule has 0 saturated heterocycles. The first kappa shape index (κ1) is 27.2. The van der Waals surface area contributed by atoms with Gasteiger partial charge in [0.15, 0.2) is 23.1 Å². The Morgan fingerprint density at radius 1 is 1.00 bits per heavy atom. The first-order chi connectivity index (χ1) is 18.7. The van der Waals surface area contributed by atoms with Crippen molar-refractivity contribution in [1.29, 1.82) is 0 Å². The predicted octanol–water partition coefficient (Wildman–Crippen LogP) is 5.89. The van der Waals surface area contributed by atoms with E-state index >= 15 is 0 Å². The summed E-state index contributed by atoms with van der Waals surface area (Å²) in [7, 11) is -0.835. The molecule has 39 heavy (non-hydrogen) atoms. The van der Waals surface area contributed by atoms with Crippen LogP contribution in [0.3, 0.4) is 0 Å². The fourth-order valence-corrected chi connectivity index (χ4v) is 6.95. The van der Waals surface area contributed by atoms with E-state index in [1.54, 1.807) is 12.1 Å². The van der Waals surface area contributed by atoms with Crippen LogP contribution >= 0.6 is 11.6 Å². The van der Waals surface area contributed by atoms with Gasteiger partial charge < -0.3 is 13.8 Å². The number of Topliss-reactive ketones (excluding diaryl/α,β-unsaturated/α-hetero) is 2. The largest absolute Gasteiger partial charge is 0.493 e. The maximum absolute atomic E-state index is 13.4. The lowest BCUT2D eigenvalue weighted by molar-refractivity contribution is -0.117. The van der Waals surface area contributed by atoms with Gasteiger partial charge in [-0.1, -0.05) is 23.7 Å². The van der Waals surface area contributed by atoms with Gasteiger partial charge >= 0.3 is 10.1 Å².